The van der Waals surface area contributed by atoms with Crippen molar-refractivity contribution in [1.82, 2.24) is 15.3 Å². The number of nitrogens with zero attached hydrogens (tertiary/aromatic N) is 2. The fraction of sp³-hybridized carbons (Fsp3) is 0.500. The van der Waals surface area contributed by atoms with Crippen molar-refractivity contribution >= 4 is 15.7 Å². The molecule has 0 radical (unpaired) electrons. The number of sulfonamides is 1. The normalized spacial score (nSPS) is 14.0. The average Bonchev–Trinajstić information content (AvgIpc) is 2.68. The third kappa shape index (κ3) is 5.49. The highest BCUT2D eigenvalue weighted by Crippen LogP contribution is 2.21. The first-order valence-corrected chi connectivity index (χ1v) is 11.2. The first kappa shape index (κ1) is 19.8. The number of unbranched alkanes of at least 4 members (excludes halogenated alkanes) is 4. The fourth-order valence-electron chi connectivity index (χ4n) is 3.26. The Labute approximate surface area is 161 Å². The summed E-state index contributed by atoms with van der Waals surface area (Å²) >= 11 is 0. The van der Waals surface area contributed by atoms with E-state index < -0.39 is 10.0 Å². The van der Waals surface area contributed by atoms with Gasteiger partial charge in [0.1, 0.15) is 5.82 Å². The molecule has 0 bridgehead atoms. The van der Waals surface area contributed by atoms with E-state index in [1.165, 1.54) is 25.7 Å². The van der Waals surface area contributed by atoms with Crippen LogP contribution in [0.2, 0.25) is 0 Å². The van der Waals surface area contributed by atoms with Crippen LogP contribution in [0.15, 0.2) is 35.5 Å². The van der Waals surface area contributed by atoms with Crippen molar-refractivity contribution in [1.29, 1.82) is 0 Å². The number of rotatable bonds is 9. The van der Waals surface area contributed by atoms with E-state index in [1.807, 2.05) is 6.07 Å². The van der Waals surface area contributed by atoms with Crippen molar-refractivity contribution in [3.63, 3.8) is 0 Å². The quantitative estimate of drug-likeness (QED) is 0.643. The molecule has 6 nitrogen and oxygen atoms in total. The summed E-state index contributed by atoms with van der Waals surface area (Å²) in [5.74, 6) is 0.760. The molecule has 0 spiro atoms. The van der Waals surface area contributed by atoms with Gasteiger partial charge in [0.25, 0.3) is 10.0 Å². The minimum absolute atomic E-state index is 0.281. The molecule has 7 heteroatoms. The first-order chi connectivity index (χ1) is 13.1. The van der Waals surface area contributed by atoms with Crippen molar-refractivity contribution in [2.24, 2.45) is 0 Å². The van der Waals surface area contributed by atoms with Gasteiger partial charge in [-0.3, -0.25) is 4.72 Å². The molecule has 1 aliphatic heterocycles. The van der Waals surface area contributed by atoms with E-state index in [9.17, 15) is 8.42 Å². The molecule has 2 aromatic rings. The van der Waals surface area contributed by atoms with E-state index >= 15 is 0 Å². The van der Waals surface area contributed by atoms with Gasteiger partial charge >= 0.3 is 0 Å². The lowest BCUT2D eigenvalue weighted by Gasteiger charge is -2.18. The summed E-state index contributed by atoms with van der Waals surface area (Å²) in [7, 11) is -3.64. The topological polar surface area (TPSA) is 84.0 Å². The Morgan fingerprint density at radius 1 is 1.07 bits per heavy atom. The van der Waals surface area contributed by atoms with E-state index in [4.69, 9.17) is 0 Å². The number of nitrogens with one attached hydrogen (secondary N) is 2. The molecule has 1 aliphatic rings. The zero-order valence-electron chi connectivity index (χ0n) is 15.9. The number of benzene rings is 1. The Balaban J connectivity index is 1.60. The summed E-state index contributed by atoms with van der Waals surface area (Å²) in [6, 6.07) is 5.30. The van der Waals surface area contributed by atoms with Crippen LogP contribution in [0.1, 0.15) is 56.0 Å². The number of hydrogen-bond acceptors (Lipinski definition) is 5. The first-order valence-electron chi connectivity index (χ1n) is 9.75. The largest absolute Gasteiger partial charge is 0.312 e. The smallest absolute Gasteiger partial charge is 0.262 e. The molecule has 3 rings (SSSR count). The van der Waals surface area contributed by atoms with Crippen molar-refractivity contribution in [3.8, 4) is 0 Å². The van der Waals surface area contributed by atoms with Gasteiger partial charge in [-0.1, -0.05) is 38.7 Å². The van der Waals surface area contributed by atoms with Crippen molar-refractivity contribution in [2.45, 2.75) is 63.3 Å². The summed E-state index contributed by atoms with van der Waals surface area (Å²) in [6.45, 7) is 3.86. The molecule has 2 heterocycles. The van der Waals surface area contributed by atoms with Gasteiger partial charge in [0, 0.05) is 13.0 Å². The number of aromatic nitrogens is 2. The van der Waals surface area contributed by atoms with Gasteiger partial charge < -0.3 is 5.32 Å². The summed E-state index contributed by atoms with van der Waals surface area (Å²) in [6.07, 6.45) is 10.7. The lowest BCUT2D eigenvalue weighted by atomic mass is 10.0. The zero-order valence-corrected chi connectivity index (χ0v) is 16.7. The van der Waals surface area contributed by atoms with Crippen molar-refractivity contribution in [2.75, 3.05) is 11.3 Å². The molecule has 0 saturated heterocycles. The molecular formula is C20H28N4O2S. The van der Waals surface area contributed by atoms with Crippen molar-refractivity contribution in [3.05, 3.63) is 47.5 Å². The van der Waals surface area contributed by atoms with Gasteiger partial charge in [-0.05, 0) is 42.6 Å². The standard InChI is InChI=1S/C20H28N4O2S/c1-2-3-4-5-6-7-20-22-14-18(15-23-20)24-27(25,26)19-9-8-17-13-21-11-10-16(17)12-19/h8-9,12,14-15,21,24H,2-7,10-11,13H2,1H3. The van der Waals surface area contributed by atoms with Gasteiger partial charge in [-0.25, -0.2) is 18.4 Å². The Hall–Kier alpha value is -1.99. The molecular weight excluding hydrogens is 360 g/mol. The summed E-state index contributed by atoms with van der Waals surface area (Å²) in [4.78, 5) is 8.88. The molecule has 0 unspecified atom stereocenters. The van der Waals surface area contributed by atoms with Crippen LogP contribution < -0.4 is 10.0 Å². The minimum atomic E-state index is -3.64. The maximum atomic E-state index is 12.7. The number of hydrogen-bond donors (Lipinski definition) is 2. The lowest BCUT2D eigenvalue weighted by molar-refractivity contribution is 0.599. The predicted molar refractivity (Wildman–Crippen MR) is 107 cm³/mol. The number of anilines is 1. The molecule has 0 fully saturated rings. The maximum absolute atomic E-state index is 12.7. The Morgan fingerprint density at radius 3 is 2.63 bits per heavy atom. The molecule has 1 aromatic heterocycles. The van der Waals surface area contributed by atoms with Crippen LogP contribution >= 0.6 is 0 Å². The van der Waals surface area contributed by atoms with Crippen LogP contribution in [-0.2, 0) is 29.4 Å². The van der Waals surface area contributed by atoms with Gasteiger partial charge in [0.05, 0.1) is 23.0 Å². The van der Waals surface area contributed by atoms with E-state index in [1.54, 1.807) is 24.5 Å². The second-order valence-corrected chi connectivity index (χ2v) is 8.70. The van der Waals surface area contributed by atoms with E-state index in [2.05, 4.69) is 26.9 Å². The summed E-state index contributed by atoms with van der Waals surface area (Å²) in [5, 5.41) is 3.29. The van der Waals surface area contributed by atoms with Gasteiger partial charge in [0.2, 0.25) is 0 Å². The third-order valence-electron chi connectivity index (χ3n) is 4.84. The van der Waals surface area contributed by atoms with Crippen LogP contribution in [0.4, 0.5) is 5.69 Å². The van der Waals surface area contributed by atoms with Crippen LogP contribution in [0.5, 0.6) is 0 Å². The zero-order chi connectivity index (χ0) is 19.1. The van der Waals surface area contributed by atoms with Gasteiger partial charge in [0.15, 0.2) is 0 Å². The third-order valence-corrected chi connectivity index (χ3v) is 6.22. The molecule has 0 saturated carbocycles. The highest BCUT2D eigenvalue weighted by molar-refractivity contribution is 7.92. The maximum Gasteiger partial charge on any atom is 0.262 e. The van der Waals surface area contributed by atoms with Crippen LogP contribution in [0.25, 0.3) is 0 Å². The van der Waals surface area contributed by atoms with Gasteiger partial charge in [-0.2, -0.15) is 0 Å². The molecule has 2 N–H and O–H groups in total. The van der Waals surface area contributed by atoms with Gasteiger partial charge in [-0.15, -0.1) is 0 Å². The monoisotopic (exact) mass is 388 g/mol. The highest BCUT2D eigenvalue weighted by atomic mass is 32.2. The van der Waals surface area contributed by atoms with Crippen LogP contribution in [0.3, 0.4) is 0 Å². The lowest BCUT2D eigenvalue weighted by Crippen LogP contribution is -2.24. The van der Waals surface area contributed by atoms with Crippen molar-refractivity contribution < 1.29 is 8.42 Å². The fourth-order valence-corrected chi connectivity index (χ4v) is 4.34. The molecule has 0 amide bonds. The summed E-state index contributed by atoms with van der Waals surface area (Å²) in [5.41, 5.74) is 2.64. The average molecular weight is 389 g/mol. The number of fused-ring (bicyclic) bond motifs is 1. The van der Waals surface area contributed by atoms with E-state index in [0.717, 1.165) is 49.3 Å². The Morgan fingerprint density at radius 2 is 1.85 bits per heavy atom. The molecule has 27 heavy (non-hydrogen) atoms. The van der Waals surface area contributed by atoms with Crippen LogP contribution in [0, 0.1) is 0 Å². The molecule has 0 aliphatic carbocycles. The van der Waals surface area contributed by atoms with Crippen LogP contribution in [-0.4, -0.2) is 24.9 Å². The Kier molecular flexibility index (Phi) is 6.79. The molecule has 1 aromatic carbocycles. The summed E-state index contributed by atoms with van der Waals surface area (Å²) < 4.78 is 27.9. The highest BCUT2D eigenvalue weighted by Gasteiger charge is 2.18. The second-order valence-electron chi connectivity index (χ2n) is 7.01. The van der Waals surface area contributed by atoms with E-state index in [-0.39, 0.29) is 4.90 Å². The number of aryl methyl sites for hydroxylation is 1. The SMILES string of the molecule is CCCCCCCc1ncc(NS(=O)(=O)c2ccc3c(c2)CCNC3)cn1. The Bertz CT molecular complexity index is 851. The minimum Gasteiger partial charge on any atom is -0.312 e. The molecule has 146 valence electrons. The van der Waals surface area contributed by atoms with E-state index in [0.29, 0.717) is 5.69 Å². The predicted octanol–water partition coefficient (Wildman–Crippen LogP) is 3.44. The molecule has 0 atom stereocenters. The second kappa shape index (κ2) is 9.28.